The Bertz CT molecular complexity index is 783. The molecule has 0 fully saturated rings. The third kappa shape index (κ3) is 3.09. The molecule has 22 heavy (non-hydrogen) atoms. The monoisotopic (exact) mass is 317 g/mol. The molecule has 4 nitrogen and oxygen atoms in total. The summed E-state index contributed by atoms with van der Waals surface area (Å²) in [6.45, 7) is 4.08. The smallest absolute Gasteiger partial charge is 0.261 e. The van der Waals surface area contributed by atoms with E-state index in [-0.39, 0.29) is 10.5 Å². The van der Waals surface area contributed by atoms with Crippen molar-refractivity contribution in [2.24, 2.45) is 0 Å². The molecular formula is C17H19NO3S. The first-order valence-electron chi connectivity index (χ1n) is 7.26. The highest BCUT2D eigenvalue weighted by atomic mass is 32.2. The van der Waals surface area contributed by atoms with Crippen molar-refractivity contribution in [3.8, 4) is 5.75 Å². The van der Waals surface area contributed by atoms with Crippen LogP contribution in [-0.2, 0) is 16.4 Å². The van der Waals surface area contributed by atoms with Gasteiger partial charge in [0, 0.05) is 5.69 Å². The maximum atomic E-state index is 12.5. The van der Waals surface area contributed by atoms with Crippen molar-refractivity contribution < 1.29 is 13.2 Å². The van der Waals surface area contributed by atoms with E-state index in [1.165, 1.54) is 0 Å². The Balaban J connectivity index is 1.89. The van der Waals surface area contributed by atoms with Crippen LogP contribution in [0.15, 0.2) is 53.4 Å². The Morgan fingerprint density at radius 1 is 1.09 bits per heavy atom. The van der Waals surface area contributed by atoms with Crippen LogP contribution in [0.4, 0.5) is 5.69 Å². The van der Waals surface area contributed by atoms with Crippen molar-refractivity contribution in [3.63, 3.8) is 0 Å². The van der Waals surface area contributed by atoms with Crippen LogP contribution in [-0.4, -0.2) is 14.0 Å². The second-order valence-corrected chi connectivity index (χ2v) is 7.79. The Hall–Kier alpha value is -2.01. The Morgan fingerprint density at radius 2 is 1.82 bits per heavy atom. The maximum absolute atomic E-state index is 12.5. The summed E-state index contributed by atoms with van der Waals surface area (Å²) in [6.07, 6.45) is 1.69. The van der Waals surface area contributed by atoms with E-state index < -0.39 is 10.0 Å². The molecule has 1 N–H and O–H groups in total. The fraction of sp³-hybridized carbons (Fsp3) is 0.294. The van der Waals surface area contributed by atoms with Crippen LogP contribution in [0.1, 0.15) is 25.8 Å². The molecule has 1 aliphatic heterocycles. The zero-order valence-electron chi connectivity index (χ0n) is 12.7. The molecule has 0 saturated carbocycles. The number of nitrogens with one attached hydrogen (secondary N) is 1. The zero-order valence-corrected chi connectivity index (χ0v) is 13.5. The van der Waals surface area contributed by atoms with Crippen molar-refractivity contribution in [1.29, 1.82) is 0 Å². The van der Waals surface area contributed by atoms with Gasteiger partial charge in [0.25, 0.3) is 10.0 Å². The summed E-state index contributed by atoms with van der Waals surface area (Å²) >= 11 is 0. The molecule has 0 radical (unpaired) electrons. The van der Waals surface area contributed by atoms with Gasteiger partial charge in [0.15, 0.2) is 0 Å². The van der Waals surface area contributed by atoms with Gasteiger partial charge >= 0.3 is 0 Å². The maximum Gasteiger partial charge on any atom is 0.261 e. The van der Waals surface area contributed by atoms with E-state index in [1.807, 2.05) is 19.9 Å². The third-order valence-corrected chi connectivity index (χ3v) is 5.13. The van der Waals surface area contributed by atoms with Crippen LogP contribution >= 0.6 is 0 Å². The zero-order chi connectivity index (χ0) is 15.8. The van der Waals surface area contributed by atoms with Crippen molar-refractivity contribution in [3.05, 3.63) is 54.1 Å². The van der Waals surface area contributed by atoms with E-state index in [0.717, 1.165) is 24.2 Å². The molecule has 3 rings (SSSR count). The highest BCUT2D eigenvalue weighted by Crippen LogP contribution is 2.34. The number of hydrogen-bond donors (Lipinski definition) is 1. The number of sulfonamides is 1. The quantitative estimate of drug-likeness (QED) is 0.941. The standard InChI is InChI=1S/C17H19NO3S/c1-17(2)11-10-13-12-15(8-9-16(13)21-17)22(19,20)18-14-6-4-3-5-7-14/h3-9,12,18H,10-11H2,1-2H3. The van der Waals surface area contributed by atoms with Crippen molar-refractivity contribution >= 4 is 15.7 Å². The number of ether oxygens (including phenoxy) is 1. The van der Waals surface area contributed by atoms with E-state index in [2.05, 4.69) is 4.72 Å². The van der Waals surface area contributed by atoms with E-state index in [9.17, 15) is 8.42 Å². The minimum absolute atomic E-state index is 0.199. The Labute approximate surface area is 131 Å². The minimum atomic E-state index is -3.58. The van der Waals surface area contributed by atoms with Gasteiger partial charge in [-0.25, -0.2) is 8.42 Å². The van der Waals surface area contributed by atoms with Crippen molar-refractivity contribution in [1.82, 2.24) is 0 Å². The van der Waals surface area contributed by atoms with E-state index in [0.29, 0.717) is 5.69 Å². The average molecular weight is 317 g/mol. The lowest BCUT2D eigenvalue weighted by Gasteiger charge is -2.32. The van der Waals surface area contributed by atoms with Gasteiger partial charge in [-0.1, -0.05) is 18.2 Å². The van der Waals surface area contributed by atoms with Gasteiger partial charge < -0.3 is 4.74 Å². The molecule has 0 amide bonds. The van der Waals surface area contributed by atoms with Gasteiger partial charge in [-0.15, -0.1) is 0 Å². The Kier molecular flexibility index (Phi) is 3.60. The summed E-state index contributed by atoms with van der Waals surface area (Å²) < 4.78 is 33.4. The molecule has 5 heteroatoms. The molecule has 0 aliphatic carbocycles. The van der Waals surface area contributed by atoms with Crippen LogP contribution in [0.3, 0.4) is 0 Å². The van der Waals surface area contributed by atoms with Gasteiger partial charge in [-0.05, 0) is 62.6 Å². The number of aryl methyl sites for hydroxylation is 1. The molecule has 0 unspecified atom stereocenters. The average Bonchev–Trinajstić information content (AvgIpc) is 2.46. The highest BCUT2D eigenvalue weighted by molar-refractivity contribution is 7.92. The third-order valence-electron chi connectivity index (χ3n) is 3.75. The van der Waals surface area contributed by atoms with Crippen LogP contribution in [0.2, 0.25) is 0 Å². The number of fused-ring (bicyclic) bond motifs is 1. The summed E-state index contributed by atoms with van der Waals surface area (Å²) in [4.78, 5) is 0.262. The van der Waals surface area contributed by atoms with Gasteiger partial charge in [0.05, 0.1) is 4.90 Å². The first kappa shape index (κ1) is 14.9. The van der Waals surface area contributed by atoms with E-state index in [4.69, 9.17) is 4.74 Å². The molecule has 0 saturated heterocycles. The molecule has 0 aromatic heterocycles. The first-order chi connectivity index (χ1) is 10.4. The van der Waals surface area contributed by atoms with Gasteiger partial charge in [-0.2, -0.15) is 0 Å². The largest absolute Gasteiger partial charge is 0.488 e. The SMILES string of the molecule is CC1(C)CCc2cc(S(=O)(=O)Nc3ccccc3)ccc2O1. The number of para-hydroxylation sites is 1. The molecule has 2 aromatic carbocycles. The molecule has 2 aromatic rings. The lowest BCUT2D eigenvalue weighted by molar-refractivity contribution is 0.0845. The second kappa shape index (κ2) is 5.32. The van der Waals surface area contributed by atoms with Gasteiger partial charge in [0.1, 0.15) is 11.4 Å². The number of benzene rings is 2. The van der Waals surface area contributed by atoms with Crippen molar-refractivity contribution in [2.45, 2.75) is 37.2 Å². The van der Waals surface area contributed by atoms with E-state index in [1.54, 1.807) is 42.5 Å². The summed E-state index contributed by atoms with van der Waals surface area (Å²) in [5.41, 5.74) is 1.29. The van der Waals surface area contributed by atoms with Crippen LogP contribution in [0, 0.1) is 0 Å². The summed E-state index contributed by atoms with van der Waals surface area (Å²) in [5.74, 6) is 0.773. The normalized spacial score (nSPS) is 16.5. The lowest BCUT2D eigenvalue weighted by Crippen LogP contribution is -2.32. The Morgan fingerprint density at radius 3 is 2.55 bits per heavy atom. The minimum Gasteiger partial charge on any atom is -0.488 e. The van der Waals surface area contributed by atoms with Crippen LogP contribution in [0.5, 0.6) is 5.75 Å². The summed E-state index contributed by atoms with van der Waals surface area (Å²) in [7, 11) is -3.58. The number of rotatable bonds is 3. The second-order valence-electron chi connectivity index (χ2n) is 6.10. The topological polar surface area (TPSA) is 55.4 Å². The summed E-state index contributed by atoms with van der Waals surface area (Å²) in [6, 6.07) is 13.9. The molecule has 1 heterocycles. The molecule has 1 aliphatic rings. The highest BCUT2D eigenvalue weighted by Gasteiger charge is 2.27. The van der Waals surface area contributed by atoms with E-state index >= 15 is 0 Å². The van der Waals surface area contributed by atoms with Crippen LogP contribution < -0.4 is 9.46 Å². The number of hydrogen-bond acceptors (Lipinski definition) is 3. The fourth-order valence-corrected chi connectivity index (χ4v) is 3.63. The lowest BCUT2D eigenvalue weighted by atomic mass is 9.94. The van der Waals surface area contributed by atoms with Gasteiger partial charge in [-0.3, -0.25) is 4.72 Å². The fourth-order valence-electron chi connectivity index (χ4n) is 2.52. The molecular weight excluding hydrogens is 298 g/mol. The molecule has 0 bridgehead atoms. The number of anilines is 1. The molecule has 0 atom stereocenters. The molecule has 116 valence electrons. The predicted molar refractivity (Wildman–Crippen MR) is 86.7 cm³/mol. The van der Waals surface area contributed by atoms with Crippen molar-refractivity contribution in [2.75, 3.05) is 4.72 Å². The predicted octanol–water partition coefficient (Wildman–Crippen LogP) is 3.59. The van der Waals surface area contributed by atoms with Crippen LogP contribution in [0.25, 0.3) is 0 Å². The first-order valence-corrected chi connectivity index (χ1v) is 8.74. The van der Waals surface area contributed by atoms with Gasteiger partial charge in [0.2, 0.25) is 0 Å². The summed E-state index contributed by atoms with van der Waals surface area (Å²) in [5, 5.41) is 0. The molecule has 0 spiro atoms.